The van der Waals surface area contributed by atoms with Crippen LogP contribution < -0.4 is 5.32 Å². The first-order valence-electron chi connectivity index (χ1n) is 7.87. The van der Waals surface area contributed by atoms with E-state index in [0.29, 0.717) is 6.54 Å². The second-order valence-corrected chi connectivity index (χ2v) is 6.22. The average molecular weight is 417 g/mol. The molecule has 3 rings (SSSR count). The van der Waals surface area contributed by atoms with E-state index in [4.69, 9.17) is 11.6 Å². The molecule has 7 nitrogen and oxygen atoms in total. The molecule has 2 aromatic heterocycles. The van der Waals surface area contributed by atoms with Crippen molar-refractivity contribution in [1.29, 1.82) is 0 Å². The van der Waals surface area contributed by atoms with E-state index in [0.717, 1.165) is 10.2 Å². The number of benzene rings is 1. The smallest absolute Gasteiger partial charge is 0.292 e. The zero-order valence-corrected chi connectivity index (χ0v) is 15.1. The van der Waals surface area contributed by atoms with Crippen LogP contribution in [-0.4, -0.2) is 30.5 Å². The van der Waals surface area contributed by atoms with Crippen molar-refractivity contribution in [2.45, 2.75) is 26.2 Å². The van der Waals surface area contributed by atoms with Gasteiger partial charge in [-0.1, -0.05) is 23.7 Å². The van der Waals surface area contributed by atoms with E-state index in [-0.39, 0.29) is 17.5 Å². The number of aromatic nitrogens is 5. The van der Waals surface area contributed by atoms with Gasteiger partial charge in [0.1, 0.15) is 18.7 Å². The van der Waals surface area contributed by atoms with Crippen LogP contribution in [0.2, 0.25) is 5.02 Å². The van der Waals surface area contributed by atoms with Gasteiger partial charge in [0.2, 0.25) is 11.9 Å². The van der Waals surface area contributed by atoms with Gasteiger partial charge in [0.15, 0.2) is 5.69 Å². The second-order valence-electron chi connectivity index (χ2n) is 5.84. The van der Waals surface area contributed by atoms with Crippen LogP contribution in [0.25, 0.3) is 0 Å². The summed E-state index contributed by atoms with van der Waals surface area (Å²) in [7, 11) is 0. The Morgan fingerprint density at radius 2 is 1.89 bits per heavy atom. The Bertz CT molecular complexity index is 996. The number of hydrogen-bond acceptors (Lipinski definition) is 4. The van der Waals surface area contributed by atoms with Crippen molar-refractivity contribution in [3.05, 3.63) is 58.4 Å². The molecule has 1 amide bonds. The lowest BCUT2D eigenvalue weighted by Gasteiger charge is -2.04. The van der Waals surface area contributed by atoms with Crippen LogP contribution in [0.15, 0.2) is 30.6 Å². The number of alkyl halides is 3. The van der Waals surface area contributed by atoms with Crippen molar-refractivity contribution in [3.63, 3.8) is 0 Å². The maximum atomic E-state index is 12.9. The molecule has 0 aliphatic heterocycles. The summed E-state index contributed by atoms with van der Waals surface area (Å²) in [6, 6.07) is 5.78. The normalized spacial score (nSPS) is 11.6. The number of carbonyl (C=O) groups excluding carboxylic acids is 1. The zero-order chi connectivity index (χ0) is 20.5. The van der Waals surface area contributed by atoms with E-state index in [1.807, 2.05) is 0 Å². The Balaban J connectivity index is 1.64. The van der Waals surface area contributed by atoms with Crippen molar-refractivity contribution < 1.29 is 22.4 Å². The summed E-state index contributed by atoms with van der Waals surface area (Å²) < 4.78 is 53.7. The van der Waals surface area contributed by atoms with E-state index in [1.54, 1.807) is 12.1 Å². The van der Waals surface area contributed by atoms with Crippen molar-refractivity contribution >= 4 is 23.5 Å². The average Bonchev–Trinajstić information content (AvgIpc) is 3.16. The fraction of sp³-hybridized carbons (Fsp3) is 0.250. The number of nitrogens with zero attached hydrogens (tertiary/aromatic N) is 5. The number of hydrogen-bond donors (Lipinski definition) is 1. The molecule has 0 saturated carbocycles. The van der Waals surface area contributed by atoms with Crippen molar-refractivity contribution in [2.75, 3.05) is 5.32 Å². The Morgan fingerprint density at radius 3 is 2.50 bits per heavy atom. The molecule has 3 aromatic rings. The van der Waals surface area contributed by atoms with Crippen LogP contribution in [0.5, 0.6) is 0 Å². The van der Waals surface area contributed by atoms with Gasteiger partial charge in [0.05, 0.1) is 17.3 Å². The third-order valence-electron chi connectivity index (χ3n) is 3.74. The van der Waals surface area contributed by atoms with Gasteiger partial charge in [-0.05, 0) is 24.6 Å². The Kier molecular flexibility index (Phi) is 5.36. The van der Waals surface area contributed by atoms with Crippen LogP contribution in [0, 0.1) is 12.7 Å². The van der Waals surface area contributed by atoms with E-state index >= 15 is 0 Å². The fourth-order valence-electron chi connectivity index (χ4n) is 2.36. The van der Waals surface area contributed by atoms with E-state index in [2.05, 4.69) is 20.5 Å². The molecule has 1 aromatic carbocycles. The standard InChI is InChI=1S/C16H13ClF4N6O/c1-9-13(17)14(16(19,20)21)24-27(9)7-12(28)23-15-22-8-26(25-15)6-10-2-4-11(18)5-3-10/h2-5,8H,6-7H2,1H3,(H,23,25,28). The maximum Gasteiger partial charge on any atom is 0.436 e. The first kappa shape index (κ1) is 19.8. The van der Waals surface area contributed by atoms with Gasteiger partial charge >= 0.3 is 6.18 Å². The Hall–Kier alpha value is -2.95. The van der Waals surface area contributed by atoms with Crippen LogP contribution in [0.1, 0.15) is 17.0 Å². The number of nitrogens with one attached hydrogen (secondary N) is 1. The molecule has 148 valence electrons. The summed E-state index contributed by atoms with van der Waals surface area (Å²) in [6.07, 6.45) is -3.36. The maximum absolute atomic E-state index is 12.9. The fourth-order valence-corrected chi connectivity index (χ4v) is 2.61. The molecule has 28 heavy (non-hydrogen) atoms. The van der Waals surface area contributed by atoms with Gasteiger partial charge in [-0.3, -0.25) is 14.8 Å². The Morgan fingerprint density at radius 1 is 1.21 bits per heavy atom. The SMILES string of the molecule is Cc1c(Cl)c(C(F)(F)F)nn1CC(=O)Nc1ncn(Cc2ccc(F)cc2)n1. The first-order chi connectivity index (χ1) is 13.1. The van der Waals surface area contributed by atoms with Gasteiger partial charge in [0, 0.05) is 0 Å². The van der Waals surface area contributed by atoms with Crippen LogP contribution >= 0.6 is 11.6 Å². The summed E-state index contributed by atoms with van der Waals surface area (Å²) in [5.41, 5.74) is -0.467. The predicted octanol–water partition coefficient (Wildman–Crippen LogP) is 3.28. The molecule has 2 heterocycles. The summed E-state index contributed by atoms with van der Waals surface area (Å²) in [4.78, 5) is 16.0. The van der Waals surface area contributed by atoms with Crippen LogP contribution in [0.4, 0.5) is 23.5 Å². The van der Waals surface area contributed by atoms with E-state index in [9.17, 15) is 22.4 Å². The summed E-state index contributed by atoms with van der Waals surface area (Å²) >= 11 is 5.65. The molecule has 1 N–H and O–H groups in total. The second kappa shape index (κ2) is 7.58. The van der Waals surface area contributed by atoms with Gasteiger partial charge in [-0.15, -0.1) is 5.10 Å². The van der Waals surface area contributed by atoms with Gasteiger partial charge in [0.25, 0.3) is 0 Å². The third-order valence-corrected chi connectivity index (χ3v) is 4.19. The molecule has 0 saturated heterocycles. The van der Waals surface area contributed by atoms with Gasteiger partial charge < -0.3 is 0 Å². The zero-order valence-electron chi connectivity index (χ0n) is 14.3. The van der Waals surface area contributed by atoms with E-state index in [1.165, 1.54) is 30.1 Å². The van der Waals surface area contributed by atoms with Gasteiger partial charge in [-0.2, -0.15) is 18.3 Å². The number of carbonyl (C=O) groups is 1. The number of amides is 1. The molecule has 0 radical (unpaired) electrons. The quantitative estimate of drug-likeness (QED) is 0.647. The largest absolute Gasteiger partial charge is 0.436 e. The molecule has 0 fully saturated rings. The minimum atomic E-state index is -4.72. The summed E-state index contributed by atoms with van der Waals surface area (Å²) in [6.45, 7) is 1.13. The minimum absolute atomic E-state index is 0.0129. The van der Waals surface area contributed by atoms with Crippen LogP contribution in [0.3, 0.4) is 0 Å². The topological polar surface area (TPSA) is 77.6 Å². The highest BCUT2D eigenvalue weighted by Gasteiger charge is 2.38. The highest BCUT2D eigenvalue weighted by atomic mass is 35.5. The third kappa shape index (κ3) is 4.47. The lowest BCUT2D eigenvalue weighted by Crippen LogP contribution is -2.21. The van der Waals surface area contributed by atoms with E-state index < -0.39 is 29.3 Å². The molecule has 0 unspecified atom stereocenters. The molecular formula is C16H13ClF4N6O. The van der Waals surface area contributed by atoms with Crippen molar-refractivity contribution in [2.24, 2.45) is 0 Å². The lowest BCUT2D eigenvalue weighted by atomic mass is 10.2. The van der Waals surface area contributed by atoms with Crippen molar-refractivity contribution in [1.82, 2.24) is 24.5 Å². The first-order valence-corrected chi connectivity index (χ1v) is 8.25. The Labute approximate surface area is 160 Å². The number of rotatable bonds is 5. The highest BCUT2D eigenvalue weighted by Crippen LogP contribution is 2.35. The summed E-state index contributed by atoms with van der Waals surface area (Å²) in [5.74, 6) is -1.06. The van der Waals surface area contributed by atoms with Gasteiger partial charge in [-0.25, -0.2) is 14.1 Å². The minimum Gasteiger partial charge on any atom is -0.292 e. The lowest BCUT2D eigenvalue weighted by molar-refractivity contribution is -0.141. The number of halogens is 5. The monoisotopic (exact) mass is 416 g/mol. The molecule has 0 bridgehead atoms. The molecule has 0 aliphatic rings. The highest BCUT2D eigenvalue weighted by molar-refractivity contribution is 6.32. The molecule has 12 heteroatoms. The van der Waals surface area contributed by atoms with Crippen molar-refractivity contribution in [3.8, 4) is 0 Å². The molecular weight excluding hydrogens is 404 g/mol. The molecule has 0 atom stereocenters. The predicted molar refractivity (Wildman–Crippen MR) is 91.1 cm³/mol. The summed E-state index contributed by atoms with van der Waals surface area (Å²) in [5, 5.41) is 9.21. The van der Waals surface area contributed by atoms with Crippen LogP contribution in [-0.2, 0) is 24.1 Å². The molecule has 0 spiro atoms. The molecule has 0 aliphatic carbocycles. The number of anilines is 1.